The molecule has 0 aliphatic carbocycles. The minimum absolute atomic E-state index is 0.930. The Morgan fingerprint density at radius 2 is 0.373 bits per heavy atom. The number of hydrogen-bond donors (Lipinski definition) is 0. The zero-order valence-electron chi connectivity index (χ0n) is 41.5. The fourth-order valence-electron chi connectivity index (χ4n) is 10.3. The number of rotatable bonds is 19. The molecule has 0 saturated carbocycles. The maximum Gasteiger partial charge on any atom is 0.390 e. The van der Waals surface area contributed by atoms with Crippen LogP contribution in [-0.4, -0.2) is 43.0 Å². The highest BCUT2D eigenvalue weighted by atomic mass is 28.5. The fraction of sp³-hybridized carbons (Fsp3) is 0. The van der Waals surface area contributed by atoms with Gasteiger partial charge in [-0.15, -0.1) is 0 Å². The van der Waals surface area contributed by atoms with E-state index in [1.807, 2.05) is 0 Å². The van der Waals surface area contributed by atoms with E-state index in [0.717, 1.165) is 57.1 Å². The minimum Gasteiger partial charge on any atom is -0.424 e. The Morgan fingerprint density at radius 3 is 0.627 bits per heavy atom. The third-order valence-electron chi connectivity index (χ3n) is 13.8. The maximum atomic E-state index is 9.02. The van der Waals surface area contributed by atoms with Crippen LogP contribution in [-0.2, 0) is 16.5 Å². The van der Waals surface area contributed by atoms with Crippen LogP contribution in [0.2, 0.25) is 0 Å². The molecular formula is C66H56O4Si5. The third kappa shape index (κ3) is 10.0. The molecule has 364 valence electrons. The molecule has 0 bridgehead atoms. The summed E-state index contributed by atoms with van der Waals surface area (Å²) in [6.45, 7) is 0. The molecule has 0 saturated heterocycles. The van der Waals surface area contributed by atoms with Crippen molar-refractivity contribution >= 4 is 100 Å². The molecule has 0 spiro atoms. The van der Waals surface area contributed by atoms with E-state index in [0.29, 0.717) is 0 Å². The second-order valence-corrected chi connectivity index (χ2v) is 34.2. The van der Waals surface area contributed by atoms with Crippen molar-refractivity contribution in [1.82, 2.24) is 0 Å². The molecule has 0 aromatic heterocycles. The number of benzene rings is 11. The molecule has 11 aromatic rings. The van der Waals surface area contributed by atoms with E-state index < -0.39 is 43.0 Å². The molecule has 0 atom stereocenters. The van der Waals surface area contributed by atoms with Gasteiger partial charge in [-0.3, -0.25) is 0 Å². The number of hydrogen-bond acceptors (Lipinski definition) is 4. The molecule has 0 heterocycles. The summed E-state index contributed by atoms with van der Waals surface area (Å²) in [5.41, 5.74) is 0. The van der Waals surface area contributed by atoms with Gasteiger partial charge >= 0.3 is 25.7 Å². The average Bonchev–Trinajstić information content (AvgIpc) is 3.52. The van der Waals surface area contributed by atoms with Gasteiger partial charge in [-0.25, -0.2) is 0 Å². The van der Waals surface area contributed by atoms with E-state index in [1.165, 1.54) is 0 Å². The summed E-state index contributed by atoms with van der Waals surface area (Å²) in [5.74, 6) is 0. The van der Waals surface area contributed by atoms with Crippen LogP contribution < -0.4 is 57.1 Å². The highest BCUT2D eigenvalue weighted by molar-refractivity contribution is 7.16. The van der Waals surface area contributed by atoms with Gasteiger partial charge in [0, 0.05) is 0 Å². The van der Waals surface area contributed by atoms with Gasteiger partial charge in [0.2, 0.25) is 9.04 Å². The first-order valence-electron chi connectivity index (χ1n) is 25.5. The lowest BCUT2D eigenvalue weighted by Crippen LogP contribution is -2.84. The van der Waals surface area contributed by atoms with E-state index in [4.69, 9.17) is 16.5 Å². The molecule has 4 nitrogen and oxygen atoms in total. The van der Waals surface area contributed by atoms with Crippen LogP contribution in [0, 0.1) is 0 Å². The second-order valence-electron chi connectivity index (χ2n) is 18.5. The van der Waals surface area contributed by atoms with Crippen LogP contribution in [0.15, 0.2) is 334 Å². The Labute approximate surface area is 447 Å². The van der Waals surface area contributed by atoms with Crippen LogP contribution in [0.4, 0.5) is 0 Å². The van der Waals surface area contributed by atoms with Crippen LogP contribution in [0.3, 0.4) is 0 Å². The van der Waals surface area contributed by atoms with Crippen molar-refractivity contribution in [3.8, 4) is 0 Å². The molecule has 0 fully saturated rings. The predicted molar refractivity (Wildman–Crippen MR) is 321 cm³/mol. The largest absolute Gasteiger partial charge is 0.424 e. The first-order valence-corrected chi connectivity index (χ1v) is 34.5. The van der Waals surface area contributed by atoms with Crippen LogP contribution in [0.25, 0.3) is 0 Å². The first kappa shape index (κ1) is 49.6. The smallest absolute Gasteiger partial charge is 0.390 e. The molecule has 0 aliphatic rings. The van der Waals surface area contributed by atoms with E-state index >= 15 is 0 Å². The van der Waals surface area contributed by atoms with Crippen molar-refractivity contribution in [1.29, 1.82) is 0 Å². The van der Waals surface area contributed by atoms with Gasteiger partial charge in [-0.1, -0.05) is 334 Å². The predicted octanol–water partition coefficient (Wildman–Crippen LogP) is 7.03. The Morgan fingerprint density at radius 1 is 0.187 bits per heavy atom. The van der Waals surface area contributed by atoms with Crippen molar-refractivity contribution in [2.75, 3.05) is 0 Å². The van der Waals surface area contributed by atoms with Crippen molar-refractivity contribution in [2.24, 2.45) is 0 Å². The lowest BCUT2D eigenvalue weighted by Gasteiger charge is -2.49. The summed E-state index contributed by atoms with van der Waals surface area (Å²) >= 11 is 0. The molecule has 11 aromatic carbocycles. The van der Waals surface area contributed by atoms with Gasteiger partial charge < -0.3 is 16.5 Å². The van der Waals surface area contributed by atoms with Crippen molar-refractivity contribution in [3.63, 3.8) is 0 Å². The summed E-state index contributed by atoms with van der Waals surface area (Å²) in [6.07, 6.45) is 0. The Balaban J connectivity index is 1.28. The SMILES string of the molecule is c1ccc([SiH](O[Si](O[Si](O[Si](O[Si](c2ccccc2)(c2ccccc2)c2ccccc2)(c2ccccc2)c2ccccc2)(c2ccccc2)c2ccccc2)(c2ccccc2)c2ccccc2)c2ccccc2)cc1. The van der Waals surface area contributed by atoms with Crippen molar-refractivity contribution < 1.29 is 16.5 Å². The fourth-order valence-corrected chi connectivity index (χ4v) is 35.9. The Bertz CT molecular complexity index is 3220. The highest BCUT2D eigenvalue weighted by Crippen LogP contribution is 2.28. The summed E-state index contributed by atoms with van der Waals surface area (Å²) < 4.78 is 35.2. The van der Waals surface area contributed by atoms with E-state index in [1.54, 1.807) is 0 Å². The second kappa shape index (κ2) is 22.8. The molecule has 0 radical (unpaired) electrons. The summed E-state index contributed by atoms with van der Waals surface area (Å²) in [4.78, 5) is 0. The van der Waals surface area contributed by atoms with Crippen LogP contribution >= 0.6 is 0 Å². The van der Waals surface area contributed by atoms with E-state index in [2.05, 4.69) is 334 Å². The molecule has 9 heteroatoms. The molecule has 75 heavy (non-hydrogen) atoms. The summed E-state index contributed by atoms with van der Waals surface area (Å²) in [5, 5.41) is 11.3. The van der Waals surface area contributed by atoms with Gasteiger partial charge in [-0.2, -0.15) is 0 Å². The van der Waals surface area contributed by atoms with Gasteiger partial charge in [0.25, 0.3) is 8.32 Å². The van der Waals surface area contributed by atoms with Crippen molar-refractivity contribution in [3.05, 3.63) is 334 Å². The molecular weight excluding hydrogens is 997 g/mol. The monoisotopic (exact) mass is 1050 g/mol. The van der Waals surface area contributed by atoms with Gasteiger partial charge in [0.05, 0.1) is 0 Å². The zero-order valence-corrected chi connectivity index (χ0v) is 46.6. The quantitative estimate of drug-likeness (QED) is 0.0645. The lowest BCUT2D eigenvalue weighted by molar-refractivity contribution is 0.332. The maximum absolute atomic E-state index is 9.02. The summed E-state index contributed by atoms with van der Waals surface area (Å²) in [6, 6.07) is 118. The Hall–Kier alpha value is -7.66. The lowest BCUT2D eigenvalue weighted by atomic mass is 10.3. The molecule has 0 N–H and O–H groups in total. The Kier molecular flexibility index (Phi) is 15.1. The third-order valence-corrected chi connectivity index (χ3v) is 35.0. The van der Waals surface area contributed by atoms with Crippen LogP contribution in [0.1, 0.15) is 0 Å². The topological polar surface area (TPSA) is 36.9 Å². The zero-order chi connectivity index (χ0) is 50.6. The van der Waals surface area contributed by atoms with E-state index in [9.17, 15) is 0 Å². The van der Waals surface area contributed by atoms with Gasteiger partial charge in [0.1, 0.15) is 0 Å². The van der Waals surface area contributed by atoms with Gasteiger partial charge in [0.15, 0.2) is 0 Å². The van der Waals surface area contributed by atoms with E-state index in [-0.39, 0.29) is 0 Å². The first-order chi connectivity index (χ1) is 37.1. The standard InChI is InChI=1S/C66H56O4Si5/c1-12-34-56(35-13-1)71(57-36-14-2-15-37-57)67-73(61-44-22-6-23-45-61,62-46-24-7-25-47-62)69-75(65-52-30-10-31-53-65,66-54-32-11-33-55-66)70-74(63-48-26-8-27-49-63,64-50-28-9-29-51-64)68-72(58-38-16-3-17-39-58,59-40-18-4-19-41-59)60-42-20-5-21-43-60/h1-55,71H. The average molecular weight is 1050 g/mol. The van der Waals surface area contributed by atoms with Gasteiger partial charge in [-0.05, 0) is 57.1 Å². The minimum atomic E-state index is -4.30. The van der Waals surface area contributed by atoms with Crippen LogP contribution in [0.5, 0.6) is 0 Å². The molecule has 0 aliphatic heterocycles. The van der Waals surface area contributed by atoms with Crippen molar-refractivity contribution in [2.45, 2.75) is 0 Å². The summed E-state index contributed by atoms with van der Waals surface area (Å²) in [7, 11) is -18.9. The normalized spacial score (nSPS) is 12.1. The highest BCUT2D eigenvalue weighted by Gasteiger charge is 2.63. The molecule has 0 unspecified atom stereocenters. The molecule has 0 amide bonds. The molecule has 11 rings (SSSR count).